The Labute approximate surface area is 119 Å². The molecule has 2 aromatic carbocycles. The first-order valence-electron chi connectivity index (χ1n) is 6.55. The number of rotatable bonds is 3. The number of aryl methyl sites for hydroxylation is 3. The third-order valence-electron chi connectivity index (χ3n) is 3.47. The molecule has 2 aromatic rings. The van der Waals surface area contributed by atoms with E-state index in [0.29, 0.717) is 5.56 Å². The zero-order valence-corrected chi connectivity index (χ0v) is 12.3. The van der Waals surface area contributed by atoms with Crippen LogP contribution in [0.1, 0.15) is 27.0 Å². The second-order valence-corrected chi connectivity index (χ2v) is 5.16. The number of benzene rings is 2. The van der Waals surface area contributed by atoms with E-state index in [1.165, 1.54) is 22.4 Å². The number of carboxylic acid groups (broad SMARTS) is 1. The summed E-state index contributed by atoms with van der Waals surface area (Å²) in [6.07, 6.45) is 0. The normalized spacial score (nSPS) is 10.4. The van der Waals surface area contributed by atoms with Gasteiger partial charge in [0.05, 0.1) is 5.56 Å². The minimum Gasteiger partial charge on any atom is -0.478 e. The fourth-order valence-corrected chi connectivity index (χ4v) is 2.66. The monoisotopic (exact) mass is 269 g/mol. The van der Waals surface area contributed by atoms with Gasteiger partial charge in [-0.2, -0.15) is 0 Å². The van der Waals surface area contributed by atoms with Crippen LogP contribution in [0, 0.1) is 20.8 Å². The van der Waals surface area contributed by atoms with Gasteiger partial charge in [0.2, 0.25) is 0 Å². The highest BCUT2D eigenvalue weighted by molar-refractivity contribution is 5.88. The van der Waals surface area contributed by atoms with E-state index < -0.39 is 5.97 Å². The molecule has 0 amide bonds. The standard InChI is InChI=1S/C17H19NO2/c1-11-9-12(2)16(13(3)10-11)18(4)15-7-5-14(6-8-15)17(19)20/h5-10H,1-4H3,(H,19,20). The summed E-state index contributed by atoms with van der Waals surface area (Å²) in [4.78, 5) is 13.0. The quantitative estimate of drug-likeness (QED) is 0.912. The van der Waals surface area contributed by atoms with Crippen LogP contribution in [-0.4, -0.2) is 18.1 Å². The van der Waals surface area contributed by atoms with Crippen LogP contribution in [0.15, 0.2) is 36.4 Å². The maximum Gasteiger partial charge on any atom is 0.335 e. The zero-order chi connectivity index (χ0) is 14.9. The second kappa shape index (κ2) is 5.37. The largest absolute Gasteiger partial charge is 0.478 e. The average Bonchev–Trinajstić information content (AvgIpc) is 2.37. The SMILES string of the molecule is Cc1cc(C)c(N(C)c2ccc(C(=O)O)cc2)c(C)c1. The van der Waals surface area contributed by atoms with Crippen molar-refractivity contribution in [2.24, 2.45) is 0 Å². The van der Waals surface area contributed by atoms with Gasteiger partial charge < -0.3 is 10.0 Å². The van der Waals surface area contributed by atoms with Gasteiger partial charge in [0, 0.05) is 18.4 Å². The molecule has 0 aliphatic rings. The molecule has 0 fully saturated rings. The van der Waals surface area contributed by atoms with E-state index in [0.717, 1.165) is 5.69 Å². The smallest absolute Gasteiger partial charge is 0.335 e. The summed E-state index contributed by atoms with van der Waals surface area (Å²) in [6, 6.07) is 11.2. The molecule has 0 aliphatic carbocycles. The highest BCUT2D eigenvalue weighted by atomic mass is 16.4. The van der Waals surface area contributed by atoms with E-state index >= 15 is 0 Å². The Morgan fingerprint density at radius 1 is 1.00 bits per heavy atom. The molecular formula is C17H19NO2. The van der Waals surface area contributed by atoms with Crippen molar-refractivity contribution >= 4 is 17.3 Å². The molecule has 0 heterocycles. The van der Waals surface area contributed by atoms with E-state index in [9.17, 15) is 4.79 Å². The molecule has 0 saturated heterocycles. The van der Waals surface area contributed by atoms with Crippen molar-refractivity contribution in [3.05, 3.63) is 58.7 Å². The van der Waals surface area contributed by atoms with Crippen LogP contribution in [0.3, 0.4) is 0 Å². The van der Waals surface area contributed by atoms with Crippen LogP contribution in [0.25, 0.3) is 0 Å². The lowest BCUT2D eigenvalue weighted by atomic mass is 10.0. The Balaban J connectivity index is 2.41. The van der Waals surface area contributed by atoms with Gasteiger partial charge >= 0.3 is 5.97 Å². The molecule has 3 heteroatoms. The summed E-state index contributed by atoms with van der Waals surface area (Å²) in [5, 5.41) is 8.94. The second-order valence-electron chi connectivity index (χ2n) is 5.16. The predicted molar refractivity (Wildman–Crippen MR) is 82.1 cm³/mol. The Morgan fingerprint density at radius 3 is 1.95 bits per heavy atom. The molecule has 1 N–H and O–H groups in total. The van der Waals surface area contributed by atoms with Crippen molar-refractivity contribution < 1.29 is 9.90 Å². The maximum atomic E-state index is 10.9. The van der Waals surface area contributed by atoms with Gasteiger partial charge in [0.15, 0.2) is 0 Å². The molecule has 0 unspecified atom stereocenters. The lowest BCUT2D eigenvalue weighted by molar-refractivity contribution is 0.0697. The molecule has 104 valence electrons. The summed E-state index contributed by atoms with van der Waals surface area (Å²) < 4.78 is 0. The fraction of sp³-hybridized carbons (Fsp3) is 0.235. The van der Waals surface area contributed by atoms with E-state index in [1.807, 2.05) is 19.2 Å². The Hall–Kier alpha value is -2.29. The number of anilines is 2. The zero-order valence-electron chi connectivity index (χ0n) is 12.3. The number of nitrogens with zero attached hydrogens (tertiary/aromatic N) is 1. The van der Waals surface area contributed by atoms with E-state index in [-0.39, 0.29) is 0 Å². The molecule has 0 radical (unpaired) electrons. The van der Waals surface area contributed by atoms with Crippen LogP contribution in [0.4, 0.5) is 11.4 Å². The summed E-state index contributed by atoms with van der Waals surface area (Å²) in [5.74, 6) is -0.901. The number of carbonyl (C=O) groups is 1. The summed E-state index contributed by atoms with van der Waals surface area (Å²) in [5.41, 5.74) is 6.13. The van der Waals surface area contributed by atoms with Crippen molar-refractivity contribution in [3.63, 3.8) is 0 Å². The summed E-state index contributed by atoms with van der Waals surface area (Å²) in [6.45, 7) is 6.28. The van der Waals surface area contributed by atoms with Gasteiger partial charge in [-0.15, -0.1) is 0 Å². The third kappa shape index (κ3) is 2.67. The minimum absolute atomic E-state index is 0.305. The highest BCUT2D eigenvalue weighted by Gasteiger charge is 2.11. The first-order chi connectivity index (χ1) is 9.40. The van der Waals surface area contributed by atoms with Gasteiger partial charge in [-0.3, -0.25) is 0 Å². The minimum atomic E-state index is -0.901. The Kier molecular flexibility index (Phi) is 3.79. The highest BCUT2D eigenvalue weighted by Crippen LogP contribution is 2.31. The number of aromatic carboxylic acids is 1. The van der Waals surface area contributed by atoms with Crippen molar-refractivity contribution in [1.82, 2.24) is 0 Å². The maximum absolute atomic E-state index is 10.9. The first kappa shape index (κ1) is 14.1. The average molecular weight is 269 g/mol. The van der Waals surface area contributed by atoms with Crippen LogP contribution in [0.5, 0.6) is 0 Å². The fourth-order valence-electron chi connectivity index (χ4n) is 2.66. The predicted octanol–water partition coefficient (Wildman–Crippen LogP) is 4.08. The molecule has 0 aromatic heterocycles. The van der Waals surface area contributed by atoms with Crippen LogP contribution >= 0.6 is 0 Å². The topological polar surface area (TPSA) is 40.5 Å². The van der Waals surface area contributed by atoms with Gasteiger partial charge in [-0.25, -0.2) is 4.79 Å². The molecule has 3 nitrogen and oxygen atoms in total. The van der Waals surface area contributed by atoms with Crippen LogP contribution in [0.2, 0.25) is 0 Å². The van der Waals surface area contributed by atoms with Crippen molar-refractivity contribution in [3.8, 4) is 0 Å². The van der Waals surface area contributed by atoms with Gasteiger partial charge in [0.1, 0.15) is 0 Å². The lowest BCUT2D eigenvalue weighted by Crippen LogP contribution is -2.13. The Bertz CT molecular complexity index is 622. The molecule has 0 spiro atoms. The van der Waals surface area contributed by atoms with E-state index in [4.69, 9.17) is 5.11 Å². The third-order valence-corrected chi connectivity index (χ3v) is 3.47. The van der Waals surface area contributed by atoms with Crippen molar-refractivity contribution in [2.45, 2.75) is 20.8 Å². The van der Waals surface area contributed by atoms with Crippen LogP contribution in [-0.2, 0) is 0 Å². The first-order valence-corrected chi connectivity index (χ1v) is 6.55. The summed E-state index contributed by atoms with van der Waals surface area (Å²) in [7, 11) is 2.00. The molecule has 0 saturated carbocycles. The van der Waals surface area contributed by atoms with Gasteiger partial charge in [0.25, 0.3) is 0 Å². The summed E-state index contributed by atoms with van der Waals surface area (Å²) >= 11 is 0. The van der Waals surface area contributed by atoms with E-state index in [2.05, 4.69) is 37.8 Å². The van der Waals surface area contributed by atoms with Gasteiger partial charge in [-0.1, -0.05) is 17.7 Å². The lowest BCUT2D eigenvalue weighted by Gasteiger charge is -2.24. The van der Waals surface area contributed by atoms with Crippen LogP contribution < -0.4 is 4.90 Å². The number of carboxylic acids is 1. The van der Waals surface area contributed by atoms with Gasteiger partial charge in [-0.05, 0) is 56.2 Å². The molecule has 0 aliphatic heterocycles. The molecular weight excluding hydrogens is 250 g/mol. The molecule has 0 atom stereocenters. The number of hydrogen-bond acceptors (Lipinski definition) is 2. The van der Waals surface area contributed by atoms with Crippen molar-refractivity contribution in [2.75, 3.05) is 11.9 Å². The van der Waals surface area contributed by atoms with Crippen molar-refractivity contribution in [1.29, 1.82) is 0 Å². The number of hydrogen-bond donors (Lipinski definition) is 1. The molecule has 20 heavy (non-hydrogen) atoms. The molecule has 2 rings (SSSR count). The Morgan fingerprint density at radius 2 is 1.50 bits per heavy atom. The van der Waals surface area contributed by atoms with E-state index in [1.54, 1.807) is 12.1 Å². The molecule has 0 bridgehead atoms.